The Morgan fingerprint density at radius 3 is 2.58 bits per heavy atom. The number of amides is 2. The van der Waals surface area contributed by atoms with Gasteiger partial charge in [0, 0.05) is 18.7 Å². The van der Waals surface area contributed by atoms with Crippen molar-refractivity contribution in [1.29, 1.82) is 0 Å². The molecule has 0 aliphatic rings. The Labute approximate surface area is 143 Å². The third-order valence-corrected chi connectivity index (χ3v) is 3.94. The molecular formula is C19H25N3O2. The third kappa shape index (κ3) is 5.66. The summed E-state index contributed by atoms with van der Waals surface area (Å²) in [6, 6.07) is 13.5. The maximum Gasteiger partial charge on any atom is 0.315 e. The van der Waals surface area contributed by atoms with Crippen LogP contribution in [0.5, 0.6) is 0 Å². The molecule has 0 saturated carbocycles. The summed E-state index contributed by atoms with van der Waals surface area (Å²) < 4.78 is 0. The molecule has 1 aromatic carbocycles. The number of aliphatic hydroxyl groups is 1. The average Bonchev–Trinajstić information content (AvgIpc) is 2.58. The number of carbonyl (C=O) groups excluding carboxylic acids is 1. The van der Waals surface area contributed by atoms with Crippen molar-refractivity contribution in [2.24, 2.45) is 0 Å². The largest absolute Gasteiger partial charge is 0.393 e. The van der Waals surface area contributed by atoms with E-state index in [1.807, 2.05) is 49.4 Å². The zero-order valence-corrected chi connectivity index (χ0v) is 14.2. The first-order valence-electron chi connectivity index (χ1n) is 8.21. The first-order valence-corrected chi connectivity index (χ1v) is 8.21. The van der Waals surface area contributed by atoms with Gasteiger partial charge in [0.2, 0.25) is 0 Å². The van der Waals surface area contributed by atoms with Crippen molar-refractivity contribution in [2.75, 3.05) is 6.54 Å². The highest BCUT2D eigenvalue weighted by molar-refractivity contribution is 5.73. The van der Waals surface area contributed by atoms with Crippen LogP contribution in [0.15, 0.2) is 48.7 Å². The average molecular weight is 327 g/mol. The van der Waals surface area contributed by atoms with Gasteiger partial charge in [-0.1, -0.05) is 36.4 Å². The molecule has 0 aliphatic heterocycles. The van der Waals surface area contributed by atoms with Gasteiger partial charge in [-0.3, -0.25) is 4.98 Å². The predicted octanol–water partition coefficient (Wildman–Crippen LogP) is 2.74. The summed E-state index contributed by atoms with van der Waals surface area (Å²) >= 11 is 0. The van der Waals surface area contributed by atoms with Crippen LogP contribution in [0.25, 0.3) is 0 Å². The third-order valence-electron chi connectivity index (χ3n) is 3.94. The van der Waals surface area contributed by atoms with Crippen LogP contribution in [0.4, 0.5) is 4.79 Å². The fraction of sp³-hybridized carbons (Fsp3) is 0.368. The van der Waals surface area contributed by atoms with Crippen LogP contribution >= 0.6 is 0 Å². The van der Waals surface area contributed by atoms with Gasteiger partial charge in [-0.05, 0) is 37.5 Å². The molecule has 0 aliphatic carbocycles. The first-order chi connectivity index (χ1) is 11.6. The monoisotopic (exact) mass is 327 g/mol. The van der Waals surface area contributed by atoms with Gasteiger partial charge in [0.1, 0.15) is 0 Å². The molecule has 128 valence electrons. The van der Waals surface area contributed by atoms with Crippen LogP contribution in [0.2, 0.25) is 0 Å². The quantitative estimate of drug-likeness (QED) is 0.732. The molecule has 2 rings (SSSR count). The molecule has 24 heavy (non-hydrogen) atoms. The van der Waals surface area contributed by atoms with Crippen molar-refractivity contribution < 1.29 is 9.90 Å². The Balaban J connectivity index is 1.87. The number of benzene rings is 1. The number of nitrogens with zero attached hydrogens (tertiary/aromatic N) is 1. The molecule has 3 N–H and O–H groups in total. The Morgan fingerprint density at radius 2 is 1.92 bits per heavy atom. The molecule has 2 unspecified atom stereocenters. The molecular weight excluding hydrogens is 302 g/mol. The molecule has 1 aromatic heterocycles. The lowest BCUT2D eigenvalue weighted by Gasteiger charge is -2.20. The minimum absolute atomic E-state index is 0.0773. The molecule has 0 fully saturated rings. The smallest absolute Gasteiger partial charge is 0.315 e. The van der Waals surface area contributed by atoms with E-state index in [9.17, 15) is 9.90 Å². The van der Waals surface area contributed by atoms with Crippen LogP contribution in [0.3, 0.4) is 0 Å². The summed E-state index contributed by atoms with van der Waals surface area (Å²) in [6.45, 7) is 4.60. The number of rotatable bonds is 7. The lowest BCUT2D eigenvalue weighted by molar-refractivity contribution is 0.173. The molecule has 0 saturated heterocycles. The molecule has 2 aromatic rings. The summed E-state index contributed by atoms with van der Waals surface area (Å²) in [4.78, 5) is 16.3. The standard InChI is InChI=1S/C19H25N3O2/c1-14-7-6-10-20-18(14)13-22-19(24)21-12-17(11-15(2)23)16-8-4-3-5-9-16/h3-10,15,17,23H,11-13H2,1-2H3,(H2,21,22,24). The lowest BCUT2D eigenvalue weighted by atomic mass is 9.93. The first kappa shape index (κ1) is 17.9. The topological polar surface area (TPSA) is 74.2 Å². The molecule has 0 spiro atoms. The minimum Gasteiger partial charge on any atom is -0.393 e. The highest BCUT2D eigenvalue weighted by Crippen LogP contribution is 2.20. The number of hydrogen-bond donors (Lipinski definition) is 3. The minimum atomic E-state index is -0.420. The fourth-order valence-electron chi connectivity index (χ4n) is 2.62. The molecule has 2 amide bonds. The van der Waals surface area contributed by atoms with Crippen LogP contribution in [-0.2, 0) is 6.54 Å². The van der Waals surface area contributed by atoms with Gasteiger partial charge in [0.25, 0.3) is 0 Å². The molecule has 2 atom stereocenters. The van der Waals surface area contributed by atoms with Gasteiger partial charge in [0.15, 0.2) is 0 Å². The molecule has 0 bridgehead atoms. The predicted molar refractivity (Wildman–Crippen MR) is 94.7 cm³/mol. The second-order valence-corrected chi connectivity index (χ2v) is 6.02. The zero-order chi connectivity index (χ0) is 17.4. The van der Waals surface area contributed by atoms with Crippen LogP contribution in [0, 0.1) is 6.92 Å². The molecule has 0 radical (unpaired) electrons. The van der Waals surface area contributed by atoms with Crippen molar-refractivity contribution >= 4 is 6.03 Å². The van der Waals surface area contributed by atoms with Gasteiger partial charge in [-0.15, -0.1) is 0 Å². The van der Waals surface area contributed by atoms with Gasteiger partial charge in [0.05, 0.1) is 18.3 Å². The van der Waals surface area contributed by atoms with Gasteiger partial charge < -0.3 is 15.7 Å². The number of aryl methyl sites for hydroxylation is 1. The van der Waals surface area contributed by atoms with Crippen LogP contribution in [0.1, 0.15) is 36.1 Å². The van der Waals surface area contributed by atoms with E-state index in [1.165, 1.54) is 0 Å². The maximum absolute atomic E-state index is 12.0. The van der Waals surface area contributed by atoms with E-state index in [-0.39, 0.29) is 11.9 Å². The number of aliphatic hydroxyl groups excluding tert-OH is 1. The number of urea groups is 1. The van der Waals surface area contributed by atoms with Gasteiger partial charge >= 0.3 is 6.03 Å². The van der Waals surface area contributed by atoms with E-state index in [1.54, 1.807) is 13.1 Å². The van der Waals surface area contributed by atoms with Gasteiger partial charge in [-0.2, -0.15) is 0 Å². The Bertz CT molecular complexity index is 644. The van der Waals surface area contributed by atoms with E-state index in [0.717, 1.165) is 16.8 Å². The number of hydrogen-bond acceptors (Lipinski definition) is 3. The maximum atomic E-state index is 12.0. The van der Waals surface area contributed by atoms with Crippen molar-refractivity contribution in [1.82, 2.24) is 15.6 Å². The van der Waals surface area contributed by atoms with Crippen molar-refractivity contribution in [2.45, 2.75) is 38.8 Å². The summed E-state index contributed by atoms with van der Waals surface area (Å²) in [6.07, 6.45) is 1.90. The number of carbonyl (C=O) groups is 1. The molecule has 5 nitrogen and oxygen atoms in total. The number of aromatic nitrogens is 1. The number of nitrogens with one attached hydrogen (secondary N) is 2. The summed E-state index contributed by atoms with van der Waals surface area (Å²) in [7, 11) is 0. The van der Waals surface area contributed by atoms with Crippen molar-refractivity contribution in [3.63, 3.8) is 0 Å². The normalized spacial score (nSPS) is 13.1. The SMILES string of the molecule is Cc1cccnc1CNC(=O)NCC(CC(C)O)c1ccccc1. The van der Waals surface area contributed by atoms with Crippen LogP contribution in [-0.4, -0.2) is 28.8 Å². The fourth-order valence-corrected chi connectivity index (χ4v) is 2.62. The number of pyridine rings is 1. The Kier molecular flexibility index (Phi) is 6.75. The van der Waals surface area contributed by atoms with E-state index >= 15 is 0 Å². The lowest BCUT2D eigenvalue weighted by Crippen LogP contribution is -2.38. The molecule has 1 heterocycles. The van der Waals surface area contributed by atoms with E-state index < -0.39 is 6.10 Å². The van der Waals surface area contributed by atoms with Crippen molar-refractivity contribution in [3.05, 3.63) is 65.5 Å². The molecule has 5 heteroatoms. The zero-order valence-electron chi connectivity index (χ0n) is 14.2. The van der Waals surface area contributed by atoms with Gasteiger partial charge in [-0.25, -0.2) is 4.79 Å². The van der Waals surface area contributed by atoms with Crippen molar-refractivity contribution in [3.8, 4) is 0 Å². The Morgan fingerprint density at radius 1 is 1.17 bits per heavy atom. The summed E-state index contributed by atoms with van der Waals surface area (Å²) in [5, 5.41) is 15.4. The highest BCUT2D eigenvalue weighted by atomic mass is 16.3. The van der Waals surface area contributed by atoms with Crippen LogP contribution < -0.4 is 10.6 Å². The van der Waals surface area contributed by atoms with E-state index in [2.05, 4.69) is 15.6 Å². The second-order valence-electron chi connectivity index (χ2n) is 6.02. The summed E-state index contributed by atoms with van der Waals surface area (Å²) in [5.41, 5.74) is 3.02. The second kappa shape index (κ2) is 9.03. The van der Waals surface area contributed by atoms with E-state index in [4.69, 9.17) is 0 Å². The van der Waals surface area contributed by atoms with E-state index in [0.29, 0.717) is 19.5 Å². The summed E-state index contributed by atoms with van der Waals surface area (Å²) in [5.74, 6) is 0.0773. The highest BCUT2D eigenvalue weighted by Gasteiger charge is 2.15. The Hall–Kier alpha value is -2.40.